The fourth-order valence-corrected chi connectivity index (χ4v) is 3.94. The molecule has 0 saturated carbocycles. The first kappa shape index (κ1) is 15.2. The van der Waals surface area contributed by atoms with Gasteiger partial charge in [-0.1, -0.05) is 6.92 Å². The third kappa shape index (κ3) is 2.39. The molecule has 24 heavy (non-hydrogen) atoms. The first-order valence-electron chi connectivity index (χ1n) is 8.85. The van der Waals surface area contributed by atoms with Gasteiger partial charge in [0.1, 0.15) is 11.1 Å². The van der Waals surface area contributed by atoms with Crippen LogP contribution in [0.2, 0.25) is 0 Å². The molecule has 0 saturated heterocycles. The van der Waals surface area contributed by atoms with E-state index in [1.165, 1.54) is 11.3 Å². The van der Waals surface area contributed by atoms with Crippen LogP contribution < -0.4 is 15.8 Å². The Labute approximate surface area is 140 Å². The van der Waals surface area contributed by atoms with Crippen molar-refractivity contribution in [1.29, 1.82) is 0 Å². The summed E-state index contributed by atoms with van der Waals surface area (Å²) in [6.45, 7) is 4.69. The average molecular weight is 326 g/mol. The second kappa shape index (κ2) is 5.96. The minimum atomic E-state index is -0.541. The molecule has 126 valence electrons. The fourth-order valence-electron chi connectivity index (χ4n) is 3.94. The van der Waals surface area contributed by atoms with E-state index in [2.05, 4.69) is 16.3 Å². The summed E-state index contributed by atoms with van der Waals surface area (Å²) in [4.78, 5) is 26.9. The first-order chi connectivity index (χ1) is 11.7. The minimum absolute atomic E-state index is 0.103. The van der Waals surface area contributed by atoms with Gasteiger partial charge in [-0.15, -0.1) is 0 Å². The average Bonchev–Trinajstić information content (AvgIpc) is 2.60. The topological polar surface area (TPSA) is 62.6 Å². The normalized spacial score (nSPS) is 16.1. The van der Waals surface area contributed by atoms with Crippen LogP contribution in [-0.2, 0) is 12.8 Å². The summed E-state index contributed by atoms with van der Waals surface area (Å²) in [7, 11) is 0. The van der Waals surface area contributed by atoms with Crippen molar-refractivity contribution in [3.63, 3.8) is 0 Å². The van der Waals surface area contributed by atoms with E-state index in [9.17, 15) is 9.59 Å². The zero-order valence-corrected chi connectivity index (χ0v) is 14.0. The molecule has 1 amide bonds. The Balaban J connectivity index is 1.88. The third-order valence-electron chi connectivity index (χ3n) is 5.00. The highest BCUT2D eigenvalue weighted by Gasteiger charge is 2.27. The molecule has 1 aromatic carbocycles. The molecular formula is C19H22N2O3. The van der Waals surface area contributed by atoms with Gasteiger partial charge < -0.3 is 14.6 Å². The molecule has 1 N–H and O–H groups in total. The van der Waals surface area contributed by atoms with Gasteiger partial charge in [0, 0.05) is 36.3 Å². The predicted octanol–water partition coefficient (Wildman–Crippen LogP) is 2.63. The van der Waals surface area contributed by atoms with Crippen LogP contribution >= 0.6 is 0 Å². The minimum Gasteiger partial charge on any atom is -0.422 e. The predicted molar refractivity (Wildman–Crippen MR) is 94.0 cm³/mol. The molecule has 5 heteroatoms. The van der Waals surface area contributed by atoms with Gasteiger partial charge in [0.15, 0.2) is 0 Å². The molecule has 0 aliphatic carbocycles. The largest absolute Gasteiger partial charge is 0.422 e. The van der Waals surface area contributed by atoms with Crippen molar-refractivity contribution in [2.45, 2.75) is 39.0 Å². The Kier molecular flexibility index (Phi) is 3.79. The quantitative estimate of drug-likeness (QED) is 0.881. The van der Waals surface area contributed by atoms with E-state index in [1.54, 1.807) is 6.07 Å². The molecule has 0 radical (unpaired) electrons. The maximum absolute atomic E-state index is 12.3. The number of fused-ring (bicyclic) bond motifs is 2. The lowest BCUT2D eigenvalue weighted by Crippen LogP contribution is -2.34. The number of amides is 1. The molecule has 2 aromatic rings. The van der Waals surface area contributed by atoms with Gasteiger partial charge in [-0.05, 0) is 49.8 Å². The molecule has 0 spiro atoms. The van der Waals surface area contributed by atoms with E-state index in [0.29, 0.717) is 12.1 Å². The van der Waals surface area contributed by atoms with E-state index in [1.807, 2.05) is 6.92 Å². The lowest BCUT2D eigenvalue weighted by molar-refractivity contribution is 0.0950. The summed E-state index contributed by atoms with van der Waals surface area (Å²) >= 11 is 0. The third-order valence-corrected chi connectivity index (χ3v) is 5.00. The number of benzene rings is 1. The Morgan fingerprint density at radius 1 is 1.25 bits per heavy atom. The Hall–Kier alpha value is -2.30. The maximum atomic E-state index is 12.3. The van der Waals surface area contributed by atoms with Gasteiger partial charge >= 0.3 is 5.63 Å². The van der Waals surface area contributed by atoms with Gasteiger partial charge in [0.05, 0.1) is 0 Å². The first-order valence-corrected chi connectivity index (χ1v) is 8.85. The van der Waals surface area contributed by atoms with Crippen LogP contribution in [0, 0.1) is 0 Å². The van der Waals surface area contributed by atoms with Crippen molar-refractivity contribution in [2.75, 3.05) is 24.5 Å². The molecule has 3 heterocycles. The zero-order valence-electron chi connectivity index (χ0n) is 14.0. The van der Waals surface area contributed by atoms with Crippen LogP contribution in [0.3, 0.4) is 0 Å². The van der Waals surface area contributed by atoms with Crippen molar-refractivity contribution in [2.24, 2.45) is 0 Å². The number of nitrogens with zero attached hydrogens (tertiary/aromatic N) is 1. The van der Waals surface area contributed by atoms with Gasteiger partial charge in [-0.3, -0.25) is 4.79 Å². The SMILES string of the molecule is CCCNC(=O)c1cc2cc3c4c(c2oc1=O)CCCN4CCC3. The van der Waals surface area contributed by atoms with E-state index in [4.69, 9.17) is 4.42 Å². The van der Waals surface area contributed by atoms with E-state index in [0.717, 1.165) is 56.1 Å². The maximum Gasteiger partial charge on any atom is 0.349 e. The van der Waals surface area contributed by atoms with Crippen molar-refractivity contribution in [3.05, 3.63) is 39.2 Å². The van der Waals surface area contributed by atoms with Crippen LogP contribution in [0.1, 0.15) is 47.7 Å². The van der Waals surface area contributed by atoms with Gasteiger partial charge in [-0.2, -0.15) is 0 Å². The summed E-state index contributed by atoms with van der Waals surface area (Å²) < 4.78 is 5.62. The number of anilines is 1. The van der Waals surface area contributed by atoms with E-state index < -0.39 is 5.63 Å². The van der Waals surface area contributed by atoms with Gasteiger partial charge in [0.2, 0.25) is 0 Å². The summed E-state index contributed by atoms with van der Waals surface area (Å²) in [6, 6.07) is 3.81. The fraction of sp³-hybridized carbons (Fsp3) is 0.474. The Bertz CT molecular complexity index is 867. The second-order valence-electron chi connectivity index (χ2n) is 6.68. The van der Waals surface area contributed by atoms with Crippen molar-refractivity contribution < 1.29 is 9.21 Å². The number of rotatable bonds is 3. The number of hydrogen-bond donors (Lipinski definition) is 1. The lowest BCUT2D eigenvalue weighted by Gasteiger charge is -2.37. The Morgan fingerprint density at radius 2 is 2.04 bits per heavy atom. The number of nitrogens with one attached hydrogen (secondary N) is 1. The highest BCUT2D eigenvalue weighted by Crippen LogP contribution is 2.39. The number of carbonyl (C=O) groups excluding carboxylic acids is 1. The highest BCUT2D eigenvalue weighted by atomic mass is 16.4. The van der Waals surface area contributed by atoms with Crippen molar-refractivity contribution >= 4 is 22.6 Å². The van der Waals surface area contributed by atoms with Crippen LogP contribution in [-0.4, -0.2) is 25.5 Å². The van der Waals surface area contributed by atoms with Crippen LogP contribution in [0.4, 0.5) is 5.69 Å². The summed E-state index contributed by atoms with van der Waals surface area (Å²) in [5, 5.41) is 3.63. The zero-order chi connectivity index (χ0) is 16.7. The number of carbonyl (C=O) groups is 1. The molecule has 0 fully saturated rings. The second-order valence-corrected chi connectivity index (χ2v) is 6.68. The molecule has 0 atom stereocenters. The molecule has 4 rings (SSSR count). The van der Waals surface area contributed by atoms with E-state index in [-0.39, 0.29) is 11.5 Å². The van der Waals surface area contributed by atoms with Crippen LogP contribution in [0.25, 0.3) is 11.0 Å². The van der Waals surface area contributed by atoms with Crippen molar-refractivity contribution in [1.82, 2.24) is 5.32 Å². The molecular weight excluding hydrogens is 304 g/mol. The molecule has 2 aliphatic rings. The molecule has 1 aromatic heterocycles. The smallest absolute Gasteiger partial charge is 0.349 e. The molecule has 2 aliphatic heterocycles. The number of hydrogen-bond acceptors (Lipinski definition) is 4. The van der Waals surface area contributed by atoms with Crippen molar-refractivity contribution in [3.8, 4) is 0 Å². The van der Waals surface area contributed by atoms with Crippen LogP contribution in [0.5, 0.6) is 0 Å². The lowest BCUT2D eigenvalue weighted by atomic mass is 9.90. The van der Waals surface area contributed by atoms with Gasteiger partial charge in [0.25, 0.3) is 5.91 Å². The molecule has 0 unspecified atom stereocenters. The molecule has 5 nitrogen and oxygen atoms in total. The summed E-state index contributed by atoms with van der Waals surface area (Å²) in [5.41, 5.74) is 3.96. The summed E-state index contributed by atoms with van der Waals surface area (Å²) in [5.74, 6) is -0.347. The standard InChI is InChI=1S/C19H22N2O3/c1-2-7-20-18(22)15-11-13-10-12-5-3-8-21-9-4-6-14(16(12)21)17(13)24-19(15)23/h10-11H,2-9H2,1H3,(H,20,22). The van der Waals surface area contributed by atoms with Gasteiger partial charge in [-0.25, -0.2) is 4.79 Å². The van der Waals surface area contributed by atoms with Crippen LogP contribution in [0.15, 0.2) is 21.3 Å². The molecule has 0 bridgehead atoms. The Morgan fingerprint density at radius 3 is 2.83 bits per heavy atom. The highest BCUT2D eigenvalue weighted by molar-refractivity contribution is 5.98. The monoisotopic (exact) mass is 326 g/mol. The summed E-state index contributed by atoms with van der Waals surface area (Å²) in [6.07, 6.45) is 5.04. The number of aryl methyl sites for hydroxylation is 2. The van der Waals surface area contributed by atoms with E-state index >= 15 is 0 Å².